The van der Waals surface area contributed by atoms with Gasteiger partial charge in [-0.05, 0) is 36.4 Å². The van der Waals surface area contributed by atoms with Gasteiger partial charge in [0.25, 0.3) is 0 Å². The van der Waals surface area contributed by atoms with Crippen LogP contribution in [-0.4, -0.2) is 27.8 Å². The Morgan fingerprint density at radius 3 is 2.62 bits per heavy atom. The highest BCUT2D eigenvalue weighted by atomic mass is 32.2. The number of rotatable bonds is 8. The van der Waals surface area contributed by atoms with Crippen LogP contribution in [-0.2, 0) is 15.8 Å². The van der Waals surface area contributed by atoms with E-state index in [1.165, 1.54) is 19.2 Å². The number of benzene rings is 1. The largest absolute Gasteiger partial charge is 0.497 e. The van der Waals surface area contributed by atoms with Crippen LogP contribution in [0.3, 0.4) is 0 Å². The van der Waals surface area contributed by atoms with Crippen molar-refractivity contribution in [2.75, 3.05) is 19.4 Å². The molecule has 1 aromatic carbocycles. The molecule has 0 aliphatic rings. The summed E-state index contributed by atoms with van der Waals surface area (Å²) in [5.41, 5.74) is 0. The van der Waals surface area contributed by atoms with Crippen LogP contribution < -0.4 is 9.46 Å². The van der Waals surface area contributed by atoms with E-state index in [2.05, 4.69) is 4.72 Å². The number of sulfonamides is 1. The van der Waals surface area contributed by atoms with Crippen molar-refractivity contribution in [3.05, 3.63) is 48.4 Å². The van der Waals surface area contributed by atoms with E-state index in [-0.39, 0.29) is 4.90 Å². The van der Waals surface area contributed by atoms with Gasteiger partial charge in [-0.2, -0.15) is 11.8 Å². The number of furan rings is 1. The molecule has 0 aliphatic carbocycles. The van der Waals surface area contributed by atoms with E-state index in [1.54, 1.807) is 30.2 Å². The minimum Gasteiger partial charge on any atom is -0.497 e. The van der Waals surface area contributed by atoms with Gasteiger partial charge >= 0.3 is 0 Å². The third-order valence-electron chi connectivity index (χ3n) is 2.73. The molecule has 1 aromatic heterocycles. The van der Waals surface area contributed by atoms with Crippen LogP contribution in [0, 0.1) is 0 Å². The molecule has 114 valence electrons. The fourth-order valence-corrected chi connectivity index (χ4v) is 3.57. The van der Waals surface area contributed by atoms with Crippen molar-refractivity contribution in [3.8, 4) is 5.75 Å². The second kappa shape index (κ2) is 7.53. The Bertz CT molecular complexity index is 636. The molecule has 0 unspecified atom stereocenters. The summed E-state index contributed by atoms with van der Waals surface area (Å²) in [5.74, 6) is 2.92. The van der Waals surface area contributed by atoms with Crippen molar-refractivity contribution >= 4 is 21.8 Å². The quantitative estimate of drug-likeness (QED) is 0.755. The van der Waals surface area contributed by atoms with Crippen molar-refractivity contribution in [2.45, 2.75) is 10.6 Å². The summed E-state index contributed by atoms with van der Waals surface area (Å²) in [4.78, 5) is 0.235. The zero-order valence-electron chi connectivity index (χ0n) is 11.6. The molecule has 7 heteroatoms. The Morgan fingerprint density at radius 1 is 1.24 bits per heavy atom. The first-order valence-corrected chi connectivity index (χ1v) is 8.99. The highest BCUT2D eigenvalue weighted by molar-refractivity contribution is 7.98. The summed E-state index contributed by atoms with van der Waals surface area (Å²) >= 11 is 1.61. The predicted molar refractivity (Wildman–Crippen MR) is 83.1 cm³/mol. The van der Waals surface area contributed by atoms with E-state index in [1.807, 2.05) is 12.1 Å². The predicted octanol–water partition coefficient (Wildman–Crippen LogP) is 2.50. The summed E-state index contributed by atoms with van der Waals surface area (Å²) in [6.07, 6.45) is 1.63. The standard InChI is InChI=1S/C14H17NO4S2/c1-18-12-4-6-14(7-5-12)21(16,17)15-8-10-20-11-13-3-2-9-19-13/h2-7,9,15H,8,10-11H2,1H3. The van der Waals surface area contributed by atoms with Crippen molar-refractivity contribution in [1.29, 1.82) is 0 Å². The maximum Gasteiger partial charge on any atom is 0.240 e. The van der Waals surface area contributed by atoms with Crippen molar-refractivity contribution in [1.82, 2.24) is 4.72 Å². The number of methoxy groups -OCH3 is 1. The van der Waals surface area contributed by atoms with Crippen molar-refractivity contribution in [3.63, 3.8) is 0 Å². The Labute approximate surface area is 128 Å². The van der Waals surface area contributed by atoms with Gasteiger partial charge in [0, 0.05) is 12.3 Å². The number of ether oxygens (including phenoxy) is 1. The number of hydrogen-bond acceptors (Lipinski definition) is 5. The molecule has 0 radical (unpaired) electrons. The van der Waals surface area contributed by atoms with Gasteiger partial charge in [0.1, 0.15) is 11.5 Å². The summed E-state index contributed by atoms with van der Waals surface area (Å²) in [5, 5.41) is 0. The molecule has 2 aromatic rings. The van der Waals surface area contributed by atoms with Crippen LogP contribution in [0.4, 0.5) is 0 Å². The molecule has 1 heterocycles. The minimum absolute atomic E-state index is 0.235. The Balaban J connectivity index is 1.78. The lowest BCUT2D eigenvalue weighted by Gasteiger charge is -2.07. The molecule has 0 saturated carbocycles. The number of thioether (sulfide) groups is 1. The van der Waals surface area contributed by atoms with E-state index in [4.69, 9.17) is 9.15 Å². The van der Waals surface area contributed by atoms with Crippen molar-refractivity contribution in [2.24, 2.45) is 0 Å². The molecular weight excluding hydrogens is 310 g/mol. The van der Waals surface area contributed by atoms with Gasteiger partial charge in [0.15, 0.2) is 0 Å². The summed E-state index contributed by atoms with van der Waals surface area (Å²) in [6, 6.07) is 10.0. The third kappa shape index (κ3) is 4.80. The van der Waals surface area contributed by atoms with E-state index in [9.17, 15) is 8.42 Å². The van der Waals surface area contributed by atoms with Gasteiger partial charge < -0.3 is 9.15 Å². The molecule has 0 amide bonds. The molecule has 2 rings (SSSR count). The average molecular weight is 327 g/mol. The van der Waals surface area contributed by atoms with Crippen LogP contribution >= 0.6 is 11.8 Å². The first-order chi connectivity index (χ1) is 10.1. The van der Waals surface area contributed by atoms with Crippen LogP contribution in [0.5, 0.6) is 5.75 Å². The topological polar surface area (TPSA) is 68.5 Å². The zero-order chi connectivity index (χ0) is 15.1. The molecule has 1 N–H and O–H groups in total. The molecule has 0 atom stereocenters. The van der Waals surface area contributed by atoms with Gasteiger partial charge in [-0.15, -0.1) is 0 Å². The molecular formula is C14H17NO4S2. The molecule has 0 aliphatic heterocycles. The van der Waals surface area contributed by atoms with Gasteiger partial charge in [0.2, 0.25) is 10.0 Å². The molecule has 0 bridgehead atoms. The molecule has 0 spiro atoms. The first kappa shape index (κ1) is 15.9. The Kier molecular flexibility index (Phi) is 5.72. The molecule has 21 heavy (non-hydrogen) atoms. The monoisotopic (exact) mass is 327 g/mol. The lowest BCUT2D eigenvalue weighted by atomic mass is 10.3. The highest BCUT2D eigenvalue weighted by Gasteiger charge is 2.13. The zero-order valence-corrected chi connectivity index (χ0v) is 13.2. The SMILES string of the molecule is COc1ccc(S(=O)(=O)NCCSCc2ccco2)cc1. The Hall–Kier alpha value is -1.44. The average Bonchev–Trinajstić information content (AvgIpc) is 3.00. The lowest BCUT2D eigenvalue weighted by molar-refractivity contribution is 0.414. The third-order valence-corrected chi connectivity index (χ3v) is 5.19. The van der Waals surface area contributed by atoms with Crippen LogP contribution in [0.15, 0.2) is 52.0 Å². The number of hydrogen-bond donors (Lipinski definition) is 1. The normalized spacial score (nSPS) is 11.5. The Morgan fingerprint density at radius 2 is 2.00 bits per heavy atom. The summed E-state index contributed by atoms with van der Waals surface area (Å²) in [7, 11) is -1.92. The van der Waals surface area contributed by atoms with E-state index < -0.39 is 10.0 Å². The second-order valence-electron chi connectivity index (χ2n) is 4.21. The van der Waals surface area contributed by atoms with E-state index in [0.29, 0.717) is 18.0 Å². The van der Waals surface area contributed by atoms with Gasteiger partial charge in [0.05, 0.1) is 24.0 Å². The lowest BCUT2D eigenvalue weighted by Crippen LogP contribution is -2.26. The second-order valence-corrected chi connectivity index (χ2v) is 7.08. The molecule has 0 saturated heterocycles. The van der Waals surface area contributed by atoms with Gasteiger partial charge in [-0.1, -0.05) is 0 Å². The van der Waals surface area contributed by atoms with Gasteiger partial charge in [-0.25, -0.2) is 13.1 Å². The van der Waals surface area contributed by atoms with Crippen LogP contribution in [0.1, 0.15) is 5.76 Å². The maximum atomic E-state index is 12.0. The molecule has 0 fully saturated rings. The van der Waals surface area contributed by atoms with Crippen molar-refractivity contribution < 1.29 is 17.6 Å². The highest BCUT2D eigenvalue weighted by Crippen LogP contribution is 2.16. The minimum atomic E-state index is -3.46. The van der Waals surface area contributed by atoms with Gasteiger partial charge in [-0.3, -0.25) is 0 Å². The first-order valence-electron chi connectivity index (χ1n) is 6.35. The molecule has 5 nitrogen and oxygen atoms in total. The summed E-state index contributed by atoms with van der Waals surface area (Å²) in [6.45, 7) is 0.375. The fraction of sp³-hybridized carbons (Fsp3) is 0.286. The van der Waals surface area contributed by atoms with Crippen LogP contribution in [0.2, 0.25) is 0 Å². The smallest absolute Gasteiger partial charge is 0.240 e. The van der Waals surface area contributed by atoms with E-state index in [0.717, 1.165) is 11.5 Å². The number of nitrogens with one attached hydrogen (secondary N) is 1. The van der Waals surface area contributed by atoms with Crippen LogP contribution in [0.25, 0.3) is 0 Å². The fourth-order valence-electron chi connectivity index (χ4n) is 1.65. The maximum absolute atomic E-state index is 12.0. The van der Waals surface area contributed by atoms with E-state index >= 15 is 0 Å². The summed E-state index contributed by atoms with van der Waals surface area (Å²) < 4.78 is 36.9.